The molecule has 0 amide bonds. The Morgan fingerprint density at radius 1 is 1.36 bits per heavy atom. The molecule has 1 aromatic carbocycles. The third-order valence-corrected chi connectivity index (χ3v) is 3.27. The van der Waals surface area contributed by atoms with Gasteiger partial charge in [-0.05, 0) is 37.3 Å². The molecule has 22 heavy (non-hydrogen) atoms. The second-order valence-electron chi connectivity index (χ2n) is 4.63. The van der Waals surface area contributed by atoms with Crippen molar-refractivity contribution >= 4 is 35.2 Å². The first kappa shape index (κ1) is 16.0. The first-order valence-electron chi connectivity index (χ1n) is 6.41. The summed E-state index contributed by atoms with van der Waals surface area (Å²) in [5.74, 6) is -2.86. The summed E-state index contributed by atoms with van der Waals surface area (Å²) >= 11 is 5.89. The number of carbonyl (C=O) groups excluding carboxylic acids is 3. The van der Waals surface area contributed by atoms with Gasteiger partial charge in [-0.3, -0.25) is 14.4 Å². The van der Waals surface area contributed by atoms with E-state index in [1.54, 1.807) is 18.2 Å². The highest BCUT2D eigenvalue weighted by atomic mass is 35.5. The average molecular weight is 321 g/mol. The minimum absolute atomic E-state index is 0.180. The molecular formula is C16H13ClO5. The van der Waals surface area contributed by atoms with Crippen LogP contribution >= 0.6 is 11.6 Å². The number of ketones is 2. The predicted molar refractivity (Wildman–Crippen MR) is 80.4 cm³/mol. The normalized spacial score (nSPS) is 18.1. The molecule has 0 saturated heterocycles. The van der Waals surface area contributed by atoms with Crippen LogP contribution in [0.25, 0.3) is 6.08 Å². The van der Waals surface area contributed by atoms with Crippen LogP contribution in [0.15, 0.2) is 36.1 Å². The Morgan fingerprint density at radius 2 is 2.09 bits per heavy atom. The highest BCUT2D eigenvalue weighted by Crippen LogP contribution is 2.24. The largest absolute Gasteiger partial charge is 0.496 e. The molecule has 6 heteroatoms. The number of cyclic esters (lactones) is 1. The number of carbonyl (C=O) groups is 3. The summed E-state index contributed by atoms with van der Waals surface area (Å²) < 4.78 is 9.95. The van der Waals surface area contributed by atoms with Crippen molar-refractivity contribution in [3.63, 3.8) is 0 Å². The van der Waals surface area contributed by atoms with Crippen LogP contribution in [0.3, 0.4) is 0 Å². The average Bonchev–Trinajstić information content (AvgIpc) is 2.44. The van der Waals surface area contributed by atoms with Crippen molar-refractivity contribution in [1.29, 1.82) is 0 Å². The molecule has 0 saturated carbocycles. The maximum absolute atomic E-state index is 12.1. The number of benzene rings is 1. The fourth-order valence-electron chi connectivity index (χ4n) is 2.01. The first-order chi connectivity index (χ1) is 10.4. The Balaban J connectivity index is 2.24. The number of rotatable bonds is 4. The molecule has 0 aliphatic carbocycles. The predicted octanol–water partition coefficient (Wildman–Crippen LogP) is 2.58. The van der Waals surface area contributed by atoms with Gasteiger partial charge in [-0.1, -0.05) is 11.6 Å². The van der Waals surface area contributed by atoms with Crippen LogP contribution in [-0.4, -0.2) is 24.6 Å². The van der Waals surface area contributed by atoms with E-state index in [-0.39, 0.29) is 5.76 Å². The van der Waals surface area contributed by atoms with Gasteiger partial charge in [0.25, 0.3) is 0 Å². The lowest BCUT2D eigenvalue weighted by Gasteiger charge is -2.15. The zero-order chi connectivity index (χ0) is 16.3. The second kappa shape index (κ2) is 6.58. The number of methoxy groups -OCH3 is 1. The fourth-order valence-corrected chi connectivity index (χ4v) is 2.19. The van der Waals surface area contributed by atoms with E-state index < -0.39 is 23.5 Å². The van der Waals surface area contributed by atoms with Gasteiger partial charge < -0.3 is 9.47 Å². The van der Waals surface area contributed by atoms with Gasteiger partial charge in [0.2, 0.25) is 0 Å². The topological polar surface area (TPSA) is 69.7 Å². The number of ether oxygens (including phenoxy) is 2. The van der Waals surface area contributed by atoms with Gasteiger partial charge in [0.05, 0.1) is 7.11 Å². The molecule has 0 spiro atoms. The Hall–Kier alpha value is -2.40. The van der Waals surface area contributed by atoms with Crippen molar-refractivity contribution < 1.29 is 23.9 Å². The molecule has 1 aliphatic heterocycles. The molecule has 2 rings (SSSR count). The second-order valence-corrected chi connectivity index (χ2v) is 5.07. The van der Waals surface area contributed by atoms with Crippen molar-refractivity contribution in [3.8, 4) is 5.75 Å². The monoisotopic (exact) mass is 320 g/mol. The minimum atomic E-state index is -1.45. The van der Waals surface area contributed by atoms with Gasteiger partial charge >= 0.3 is 5.97 Å². The van der Waals surface area contributed by atoms with E-state index in [1.165, 1.54) is 20.1 Å². The number of hydrogen-bond acceptors (Lipinski definition) is 5. The van der Waals surface area contributed by atoms with Gasteiger partial charge in [-0.2, -0.15) is 0 Å². The lowest BCUT2D eigenvalue weighted by molar-refractivity contribution is -0.151. The van der Waals surface area contributed by atoms with Gasteiger partial charge in [-0.15, -0.1) is 0 Å². The molecule has 0 fully saturated rings. The summed E-state index contributed by atoms with van der Waals surface area (Å²) in [5.41, 5.74) is 0.562. The van der Waals surface area contributed by atoms with E-state index in [0.29, 0.717) is 16.3 Å². The van der Waals surface area contributed by atoms with Crippen LogP contribution in [-0.2, 0) is 19.1 Å². The summed E-state index contributed by atoms with van der Waals surface area (Å²) in [7, 11) is 1.48. The summed E-state index contributed by atoms with van der Waals surface area (Å²) in [6.45, 7) is 1.48. The van der Waals surface area contributed by atoms with E-state index in [0.717, 1.165) is 12.2 Å². The lowest BCUT2D eigenvalue weighted by Crippen LogP contribution is -2.34. The van der Waals surface area contributed by atoms with Gasteiger partial charge in [0, 0.05) is 16.7 Å². The lowest BCUT2D eigenvalue weighted by atomic mass is 9.96. The van der Waals surface area contributed by atoms with Crippen LogP contribution < -0.4 is 4.74 Å². The van der Waals surface area contributed by atoms with Crippen molar-refractivity contribution in [2.24, 2.45) is 5.92 Å². The van der Waals surface area contributed by atoms with Crippen LogP contribution in [0, 0.1) is 5.92 Å². The molecule has 5 nitrogen and oxygen atoms in total. The molecule has 0 unspecified atom stereocenters. The summed E-state index contributed by atoms with van der Waals surface area (Å²) in [6.07, 6.45) is 3.73. The number of hydrogen-bond donors (Lipinski definition) is 0. The van der Waals surface area contributed by atoms with Crippen molar-refractivity contribution in [3.05, 3.63) is 46.7 Å². The summed E-state index contributed by atoms with van der Waals surface area (Å²) in [4.78, 5) is 35.5. The van der Waals surface area contributed by atoms with Crippen molar-refractivity contribution in [2.75, 3.05) is 7.11 Å². The number of esters is 1. The zero-order valence-electron chi connectivity index (χ0n) is 12.0. The van der Waals surface area contributed by atoms with Gasteiger partial charge in [0.1, 0.15) is 11.5 Å². The highest BCUT2D eigenvalue weighted by molar-refractivity contribution is 6.30. The highest BCUT2D eigenvalue weighted by Gasteiger charge is 2.36. The van der Waals surface area contributed by atoms with Crippen LogP contribution in [0.2, 0.25) is 5.02 Å². The van der Waals surface area contributed by atoms with Gasteiger partial charge in [0.15, 0.2) is 17.5 Å². The maximum atomic E-state index is 12.1. The fraction of sp³-hybridized carbons (Fsp3) is 0.188. The molecule has 0 N–H and O–H groups in total. The molecule has 1 heterocycles. The standard InChI is InChI=1S/C16H13ClO5/c1-9-7-13(19)15(16(20)22-9)12(18)5-3-10-8-11(17)4-6-14(10)21-2/h3-8,15H,1-2H3/b5-3+/t15-/m0/s1. The Kier molecular flexibility index (Phi) is 4.78. The van der Waals surface area contributed by atoms with Gasteiger partial charge in [-0.25, -0.2) is 0 Å². The smallest absolute Gasteiger partial charge is 0.329 e. The zero-order valence-corrected chi connectivity index (χ0v) is 12.7. The molecule has 114 valence electrons. The molecule has 0 bridgehead atoms. The van der Waals surface area contributed by atoms with Crippen LogP contribution in [0.5, 0.6) is 5.75 Å². The molecule has 0 aromatic heterocycles. The molecule has 1 aliphatic rings. The van der Waals surface area contributed by atoms with E-state index in [4.69, 9.17) is 21.1 Å². The first-order valence-corrected chi connectivity index (χ1v) is 6.79. The maximum Gasteiger partial charge on any atom is 0.329 e. The Labute approximate surface area is 132 Å². The Bertz CT molecular complexity index is 702. The van der Waals surface area contributed by atoms with E-state index in [9.17, 15) is 14.4 Å². The van der Waals surface area contributed by atoms with E-state index in [2.05, 4.69) is 0 Å². The van der Waals surface area contributed by atoms with E-state index in [1.807, 2.05) is 0 Å². The quantitative estimate of drug-likeness (QED) is 0.484. The SMILES string of the molecule is COc1ccc(Cl)cc1/C=C/C(=O)[C@H]1C(=O)C=C(C)OC1=O. The molecular weight excluding hydrogens is 308 g/mol. The summed E-state index contributed by atoms with van der Waals surface area (Å²) in [6, 6.07) is 4.91. The number of halogens is 1. The van der Waals surface area contributed by atoms with Crippen molar-refractivity contribution in [2.45, 2.75) is 6.92 Å². The molecule has 1 atom stereocenters. The molecule has 1 aromatic rings. The number of allylic oxidation sites excluding steroid dienone is 3. The minimum Gasteiger partial charge on any atom is -0.496 e. The Morgan fingerprint density at radius 3 is 2.73 bits per heavy atom. The van der Waals surface area contributed by atoms with E-state index >= 15 is 0 Å². The summed E-state index contributed by atoms with van der Waals surface area (Å²) in [5, 5.41) is 0.472. The molecule has 0 radical (unpaired) electrons. The van der Waals surface area contributed by atoms with Crippen LogP contribution in [0.1, 0.15) is 12.5 Å². The third kappa shape index (κ3) is 3.43. The van der Waals surface area contributed by atoms with Crippen molar-refractivity contribution in [1.82, 2.24) is 0 Å². The third-order valence-electron chi connectivity index (χ3n) is 3.03. The van der Waals surface area contributed by atoms with Crippen LogP contribution in [0.4, 0.5) is 0 Å².